The molecule has 0 saturated carbocycles. The summed E-state index contributed by atoms with van der Waals surface area (Å²) in [7, 11) is 0. The lowest BCUT2D eigenvalue weighted by Gasteiger charge is -2.09. The highest BCUT2D eigenvalue weighted by Gasteiger charge is 2.11. The Morgan fingerprint density at radius 1 is 1.56 bits per heavy atom. The number of para-hydroxylation sites is 1. The van der Waals surface area contributed by atoms with Crippen LogP contribution < -0.4 is 4.74 Å². The monoisotopic (exact) mass is 336 g/mol. The van der Waals surface area contributed by atoms with Gasteiger partial charge in [0.2, 0.25) is 0 Å². The lowest BCUT2D eigenvalue weighted by molar-refractivity contribution is -0.137. The van der Waals surface area contributed by atoms with Crippen molar-refractivity contribution in [2.45, 2.75) is 6.92 Å². The number of alkyl halides is 1. The second kappa shape index (κ2) is 7.38. The summed E-state index contributed by atoms with van der Waals surface area (Å²) in [6.07, 6.45) is 1.14. The smallest absolute Gasteiger partial charge is 0.334 e. The average molecular weight is 338 g/mol. The van der Waals surface area contributed by atoms with Gasteiger partial charge in [-0.25, -0.2) is 9.18 Å². The van der Waals surface area contributed by atoms with Crippen molar-refractivity contribution in [2.24, 2.45) is 0 Å². The maximum Gasteiger partial charge on any atom is 0.334 e. The molecule has 98 valence electrons. The Kier molecular flexibility index (Phi) is 6.15. The van der Waals surface area contributed by atoms with Crippen LogP contribution in [0.25, 0.3) is 0 Å². The van der Waals surface area contributed by atoms with Gasteiger partial charge in [0.1, 0.15) is 5.76 Å². The number of carbonyl (C=O) groups is 1. The van der Waals surface area contributed by atoms with Gasteiger partial charge in [-0.2, -0.15) is 0 Å². The van der Waals surface area contributed by atoms with Gasteiger partial charge >= 0.3 is 5.97 Å². The van der Waals surface area contributed by atoms with Crippen molar-refractivity contribution in [3.63, 3.8) is 0 Å². The van der Waals surface area contributed by atoms with Crippen LogP contribution in [-0.4, -0.2) is 17.9 Å². The topological polar surface area (TPSA) is 35.5 Å². The van der Waals surface area contributed by atoms with Gasteiger partial charge < -0.3 is 9.47 Å². The Labute approximate surface area is 118 Å². The van der Waals surface area contributed by atoms with Crippen molar-refractivity contribution in [1.29, 1.82) is 0 Å². The van der Waals surface area contributed by atoms with Crippen LogP contribution in [-0.2, 0) is 9.53 Å². The predicted octanol–water partition coefficient (Wildman–Crippen LogP) is 3.70. The average Bonchev–Trinajstić information content (AvgIpc) is 2.33. The summed E-state index contributed by atoms with van der Waals surface area (Å²) < 4.78 is 23.4. The molecule has 18 heavy (non-hydrogen) atoms. The van der Waals surface area contributed by atoms with Crippen LogP contribution in [0.2, 0.25) is 5.02 Å². The molecule has 0 atom stereocenters. The van der Waals surface area contributed by atoms with Crippen molar-refractivity contribution in [3.05, 3.63) is 40.9 Å². The fourth-order valence-electron chi connectivity index (χ4n) is 1.12. The third-order valence-corrected chi connectivity index (χ3v) is 2.70. The van der Waals surface area contributed by atoms with E-state index in [2.05, 4.69) is 15.9 Å². The molecule has 0 aromatic heterocycles. The molecule has 3 nitrogen and oxygen atoms in total. The number of benzene rings is 1. The molecule has 0 fully saturated rings. The number of carbonyl (C=O) groups excluding carboxylic acids is 1. The minimum Gasteiger partial charge on any atom is -0.463 e. The van der Waals surface area contributed by atoms with Gasteiger partial charge in [-0.15, -0.1) is 0 Å². The third-order valence-electron chi connectivity index (χ3n) is 1.85. The number of ether oxygens (including phenoxy) is 2. The zero-order valence-electron chi connectivity index (χ0n) is 9.58. The van der Waals surface area contributed by atoms with Gasteiger partial charge in [-0.1, -0.05) is 33.6 Å². The van der Waals surface area contributed by atoms with E-state index in [9.17, 15) is 9.18 Å². The van der Waals surface area contributed by atoms with Gasteiger partial charge in [-0.3, -0.25) is 0 Å². The molecule has 0 saturated heterocycles. The number of esters is 1. The van der Waals surface area contributed by atoms with Gasteiger partial charge in [-0.05, 0) is 19.1 Å². The third kappa shape index (κ3) is 4.31. The molecule has 0 spiro atoms. The number of hydrogen-bond acceptors (Lipinski definition) is 3. The highest BCUT2D eigenvalue weighted by atomic mass is 79.9. The summed E-state index contributed by atoms with van der Waals surface area (Å²) in [5.74, 6) is -1.06. The number of rotatable bonds is 5. The molecule has 0 aliphatic rings. The molecule has 0 bridgehead atoms. The molecule has 1 aromatic rings. The molecule has 0 N–H and O–H groups in total. The molecule has 6 heteroatoms. The number of allylic oxidation sites excluding steroid dienone is 1. The van der Waals surface area contributed by atoms with E-state index in [1.165, 1.54) is 18.2 Å². The highest BCUT2D eigenvalue weighted by Crippen LogP contribution is 2.29. The Morgan fingerprint density at radius 3 is 2.83 bits per heavy atom. The second-order valence-corrected chi connectivity index (χ2v) is 4.12. The SMILES string of the molecule is CCOC(=O)C=C(CBr)Oc1c(F)cccc1Cl. The zero-order chi connectivity index (χ0) is 13.5. The van der Waals surface area contributed by atoms with Crippen molar-refractivity contribution in [2.75, 3.05) is 11.9 Å². The molecular weight excluding hydrogens is 326 g/mol. The van der Waals surface area contributed by atoms with Crippen LogP contribution in [0.1, 0.15) is 6.92 Å². The molecule has 0 amide bonds. The molecular formula is C12H11BrClFO3. The number of halogens is 3. The fourth-order valence-corrected chi connectivity index (χ4v) is 1.60. The molecule has 1 aromatic carbocycles. The van der Waals surface area contributed by atoms with E-state index in [4.69, 9.17) is 21.1 Å². The first-order chi connectivity index (χ1) is 8.58. The first kappa shape index (κ1) is 15.0. The molecule has 0 aliphatic carbocycles. The van der Waals surface area contributed by atoms with Crippen molar-refractivity contribution in [1.82, 2.24) is 0 Å². The van der Waals surface area contributed by atoms with E-state index >= 15 is 0 Å². The predicted molar refractivity (Wildman–Crippen MR) is 70.5 cm³/mol. The Balaban J connectivity index is 2.89. The summed E-state index contributed by atoms with van der Waals surface area (Å²) in [5.41, 5.74) is 0. The molecule has 0 radical (unpaired) electrons. The van der Waals surface area contributed by atoms with E-state index in [0.717, 1.165) is 6.08 Å². The normalized spacial score (nSPS) is 11.2. The summed E-state index contributed by atoms with van der Waals surface area (Å²) in [4.78, 5) is 11.2. The minimum absolute atomic E-state index is 0.117. The van der Waals surface area contributed by atoms with Crippen LogP contribution in [0.15, 0.2) is 30.0 Å². The van der Waals surface area contributed by atoms with Gasteiger partial charge in [0.25, 0.3) is 0 Å². The molecule has 0 unspecified atom stereocenters. The molecule has 1 rings (SSSR count). The quantitative estimate of drug-likeness (QED) is 0.356. The van der Waals surface area contributed by atoms with Gasteiger partial charge in [0, 0.05) is 0 Å². The number of hydrogen-bond donors (Lipinski definition) is 0. The lowest BCUT2D eigenvalue weighted by Crippen LogP contribution is -2.06. The maximum atomic E-state index is 13.5. The maximum absolute atomic E-state index is 13.5. The summed E-state index contributed by atoms with van der Waals surface area (Å²) in [5, 5.41) is 0.363. The lowest BCUT2D eigenvalue weighted by atomic mass is 10.3. The Morgan fingerprint density at radius 2 is 2.28 bits per heavy atom. The van der Waals surface area contributed by atoms with Crippen molar-refractivity contribution < 1.29 is 18.7 Å². The molecule has 0 heterocycles. The largest absolute Gasteiger partial charge is 0.463 e. The van der Waals surface area contributed by atoms with Crippen molar-refractivity contribution in [3.8, 4) is 5.75 Å². The van der Waals surface area contributed by atoms with Crippen LogP contribution in [0, 0.1) is 5.82 Å². The fraction of sp³-hybridized carbons (Fsp3) is 0.250. The second-order valence-electron chi connectivity index (χ2n) is 3.15. The van der Waals surface area contributed by atoms with Crippen LogP contribution >= 0.6 is 27.5 Å². The first-order valence-electron chi connectivity index (χ1n) is 5.13. The van der Waals surface area contributed by atoms with E-state index in [-0.39, 0.29) is 28.5 Å². The van der Waals surface area contributed by atoms with Crippen LogP contribution in [0.3, 0.4) is 0 Å². The van der Waals surface area contributed by atoms with Crippen LogP contribution in [0.4, 0.5) is 4.39 Å². The first-order valence-corrected chi connectivity index (χ1v) is 6.63. The summed E-state index contributed by atoms with van der Waals surface area (Å²) >= 11 is 8.94. The van der Waals surface area contributed by atoms with Crippen molar-refractivity contribution >= 4 is 33.5 Å². The van der Waals surface area contributed by atoms with Gasteiger partial charge in [0.05, 0.1) is 23.0 Å². The standard InChI is InChI=1S/C12H11BrClFO3/c1-2-17-11(16)6-8(7-13)18-12-9(14)4-3-5-10(12)15/h3-6H,2,7H2,1H3. The highest BCUT2D eigenvalue weighted by molar-refractivity contribution is 9.09. The summed E-state index contributed by atoms with van der Waals surface area (Å²) in [6.45, 7) is 1.94. The minimum atomic E-state index is -0.599. The van der Waals surface area contributed by atoms with E-state index < -0.39 is 11.8 Å². The van der Waals surface area contributed by atoms with Gasteiger partial charge in [0.15, 0.2) is 11.6 Å². The van der Waals surface area contributed by atoms with E-state index in [0.29, 0.717) is 0 Å². The van der Waals surface area contributed by atoms with E-state index in [1.807, 2.05) is 0 Å². The Hall–Kier alpha value is -1.07. The van der Waals surface area contributed by atoms with Crippen LogP contribution in [0.5, 0.6) is 5.75 Å². The summed E-state index contributed by atoms with van der Waals surface area (Å²) in [6, 6.07) is 4.18. The Bertz CT molecular complexity index is 442. The zero-order valence-corrected chi connectivity index (χ0v) is 11.9. The van der Waals surface area contributed by atoms with E-state index in [1.54, 1.807) is 6.92 Å². The molecule has 0 aliphatic heterocycles.